The summed E-state index contributed by atoms with van der Waals surface area (Å²) >= 11 is 0. The molecule has 3 aliphatic rings. The van der Waals surface area contributed by atoms with Gasteiger partial charge in [0.15, 0.2) is 5.84 Å². The first kappa shape index (κ1) is 9.93. The van der Waals surface area contributed by atoms with E-state index in [0.29, 0.717) is 12.0 Å². The van der Waals surface area contributed by atoms with E-state index in [4.69, 9.17) is 10.9 Å². The van der Waals surface area contributed by atoms with E-state index in [9.17, 15) is 4.79 Å². The summed E-state index contributed by atoms with van der Waals surface area (Å²) in [7, 11) is 0. The number of nitrogens with two attached hydrogens (primary N) is 1. The lowest BCUT2D eigenvalue weighted by Crippen LogP contribution is -2.46. The maximum atomic E-state index is 12.4. The zero-order valence-corrected chi connectivity index (χ0v) is 9.22. The number of carbonyl (C=O) groups is 1. The van der Waals surface area contributed by atoms with Crippen molar-refractivity contribution in [3.63, 3.8) is 0 Å². The van der Waals surface area contributed by atoms with E-state index in [2.05, 4.69) is 5.16 Å². The molecule has 2 saturated carbocycles. The smallest absolute Gasteiger partial charge is 0.236 e. The average molecular weight is 223 g/mol. The van der Waals surface area contributed by atoms with Gasteiger partial charge in [-0.2, -0.15) is 0 Å². The topological polar surface area (TPSA) is 78.9 Å². The van der Waals surface area contributed by atoms with Crippen molar-refractivity contribution >= 4 is 11.7 Å². The second kappa shape index (κ2) is 3.12. The van der Waals surface area contributed by atoms with Crippen LogP contribution in [0.2, 0.25) is 0 Å². The van der Waals surface area contributed by atoms with Gasteiger partial charge < -0.3 is 15.8 Å². The Balaban J connectivity index is 1.79. The van der Waals surface area contributed by atoms with Crippen LogP contribution < -0.4 is 5.73 Å². The molecule has 0 aromatic heterocycles. The Bertz CT molecular complexity index is 362. The van der Waals surface area contributed by atoms with Crippen LogP contribution in [0.1, 0.15) is 32.1 Å². The van der Waals surface area contributed by atoms with E-state index in [-0.39, 0.29) is 11.7 Å². The van der Waals surface area contributed by atoms with Crippen molar-refractivity contribution in [1.82, 2.24) is 4.90 Å². The lowest BCUT2D eigenvalue weighted by molar-refractivity contribution is -0.136. The first-order chi connectivity index (χ1) is 7.67. The molecule has 0 spiro atoms. The fourth-order valence-corrected chi connectivity index (χ4v) is 3.25. The second-order valence-electron chi connectivity index (χ2n) is 5.36. The standard InChI is InChI=1S/C11H17N3O2/c12-9(13-16)11(3-4-11)10(15)14-6-7-1-2-8(14)5-7/h7-8,16H,1-6H2,(H2,12,13). The highest BCUT2D eigenvalue weighted by Crippen LogP contribution is 2.50. The van der Waals surface area contributed by atoms with Gasteiger partial charge in [-0.15, -0.1) is 0 Å². The van der Waals surface area contributed by atoms with Crippen LogP contribution >= 0.6 is 0 Å². The van der Waals surface area contributed by atoms with Gasteiger partial charge in [-0.25, -0.2) is 0 Å². The first-order valence-electron chi connectivity index (χ1n) is 5.96. The molecule has 0 aromatic carbocycles. The maximum Gasteiger partial charge on any atom is 0.236 e. The third-order valence-corrected chi connectivity index (χ3v) is 4.43. The van der Waals surface area contributed by atoms with Crippen molar-refractivity contribution in [2.75, 3.05) is 6.54 Å². The van der Waals surface area contributed by atoms with E-state index in [1.807, 2.05) is 4.90 Å². The molecule has 1 aliphatic heterocycles. The third-order valence-electron chi connectivity index (χ3n) is 4.43. The summed E-state index contributed by atoms with van der Waals surface area (Å²) in [5.74, 6) is 0.882. The third kappa shape index (κ3) is 1.17. The molecule has 1 heterocycles. The van der Waals surface area contributed by atoms with E-state index < -0.39 is 5.41 Å². The zero-order valence-electron chi connectivity index (χ0n) is 9.22. The van der Waals surface area contributed by atoms with Gasteiger partial charge >= 0.3 is 0 Å². The molecule has 3 N–H and O–H groups in total. The predicted octanol–water partition coefficient (Wildman–Crippen LogP) is 0.524. The van der Waals surface area contributed by atoms with Crippen LogP contribution in [0, 0.1) is 11.3 Å². The zero-order chi connectivity index (χ0) is 11.3. The Morgan fingerprint density at radius 2 is 2.19 bits per heavy atom. The van der Waals surface area contributed by atoms with Crippen molar-refractivity contribution in [1.29, 1.82) is 0 Å². The van der Waals surface area contributed by atoms with Crippen molar-refractivity contribution in [2.45, 2.75) is 38.1 Å². The number of oxime groups is 1. The number of amidine groups is 1. The Kier molecular flexibility index (Phi) is 1.94. The Hall–Kier alpha value is -1.26. The van der Waals surface area contributed by atoms with Gasteiger partial charge in [0.1, 0.15) is 5.41 Å². The average Bonchev–Trinajstić information content (AvgIpc) is 2.85. The number of carbonyl (C=O) groups excluding carboxylic acids is 1. The summed E-state index contributed by atoms with van der Waals surface area (Å²) in [5.41, 5.74) is 4.98. The first-order valence-corrected chi connectivity index (χ1v) is 5.96. The molecule has 2 aliphatic carbocycles. The van der Waals surface area contributed by atoms with Crippen LogP contribution in [0.5, 0.6) is 0 Å². The summed E-state index contributed by atoms with van der Waals surface area (Å²) in [5, 5.41) is 11.8. The molecule has 3 rings (SSSR count). The quantitative estimate of drug-likeness (QED) is 0.310. The Morgan fingerprint density at radius 3 is 2.62 bits per heavy atom. The van der Waals surface area contributed by atoms with Crippen LogP contribution in [-0.4, -0.2) is 34.4 Å². The van der Waals surface area contributed by atoms with Crippen molar-refractivity contribution in [2.24, 2.45) is 22.2 Å². The van der Waals surface area contributed by atoms with Gasteiger partial charge in [0.25, 0.3) is 0 Å². The molecular weight excluding hydrogens is 206 g/mol. The van der Waals surface area contributed by atoms with Gasteiger partial charge in [0.2, 0.25) is 5.91 Å². The van der Waals surface area contributed by atoms with Gasteiger partial charge in [0, 0.05) is 12.6 Å². The maximum absolute atomic E-state index is 12.4. The number of fused-ring (bicyclic) bond motifs is 2. The molecule has 16 heavy (non-hydrogen) atoms. The van der Waals surface area contributed by atoms with Crippen LogP contribution in [0.3, 0.4) is 0 Å². The molecule has 5 nitrogen and oxygen atoms in total. The van der Waals surface area contributed by atoms with Gasteiger partial charge in [-0.05, 0) is 38.0 Å². The monoisotopic (exact) mass is 223 g/mol. The number of hydrogen-bond acceptors (Lipinski definition) is 3. The highest BCUT2D eigenvalue weighted by atomic mass is 16.4. The summed E-state index contributed by atoms with van der Waals surface area (Å²) in [6.45, 7) is 0.879. The van der Waals surface area contributed by atoms with Crippen molar-refractivity contribution in [3.05, 3.63) is 0 Å². The van der Waals surface area contributed by atoms with E-state index in [0.717, 1.165) is 32.2 Å². The van der Waals surface area contributed by atoms with Crippen LogP contribution in [-0.2, 0) is 4.79 Å². The van der Waals surface area contributed by atoms with Gasteiger partial charge in [-0.3, -0.25) is 4.79 Å². The lowest BCUT2D eigenvalue weighted by Gasteiger charge is -2.30. The predicted molar refractivity (Wildman–Crippen MR) is 57.9 cm³/mol. The van der Waals surface area contributed by atoms with Crippen molar-refractivity contribution in [3.8, 4) is 0 Å². The number of nitrogens with zero attached hydrogens (tertiary/aromatic N) is 2. The number of rotatable bonds is 2. The van der Waals surface area contributed by atoms with Crippen molar-refractivity contribution < 1.29 is 10.0 Å². The van der Waals surface area contributed by atoms with Crippen LogP contribution in [0.15, 0.2) is 5.16 Å². The van der Waals surface area contributed by atoms with Gasteiger partial charge in [-0.1, -0.05) is 5.16 Å². The molecule has 2 atom stereocenters. The summed E-state index contributed by atoms with van der Waals surface area (Å²) < 4.78 is 0. The van der Waals surface area contributed by atoms with E-state index in [1.54, 1.807) is 0 Å². The van der Waals surface area contributed by atoms with Crippen LogP contribution in [0.4, 0.5) is 0 Å². The molecule has 88 valence electrons. The molecule has 3 fully saturated rings. The molecule has 1 saturated heterocycles. The highest BCUT2D eigenvalue weighted by molar-refractivity contribution is 6.09. The summed E-state index contributed by atoms with van der Waals surface area (Å²) in [6.07, 6.45) is 5.00. The fourth-order valence-electron chi connectivity index (χ4n) is 3.25. The molecule has 2 bridgehead atoms. The number of piperidine rings is 1. The number of hydrogen-bond donors (Lipinski definition) is 2. The largest absolute Gasteiger partial charge is 0.409 e. The molecule has 1 amide bonds. The molecular formula is C11H17N3O2. The minimum Gasteiger partial charge on any atom is -0.409 e. The molecule has 2 unspecified atom stereocenters. The SMILES string of the molecule is NC(=NO)C1(C(=O)N2CC3CCC2C3)CC1. The van der Waals surface area contributed by atoms with Gasteiger partial charge in [0.05, 0.1) is 0 Å². The molecule has 0 radical (unpaired) electrons. The van der Waals surface area contributed by atoms with E-state index >= 15 is 0 Å². The Morgan fingerprint density at radius 1 is 1.44 bits per heavy atom. The van der Waals surface area contributed by atoms with E-state index in [1.165, 1.54) is 6.42 Å². The highest BCUT2D eigenvalue weighted by Gasteiger charge is 2.58. The minimum atomic E-state index is -0.654. The normalized spacial score (nSPS) is 35.5. The summed E-state index contributed by atoms with van der Waals surface area (Å²) in [4.78, 5) is 14.3. The minimum absolute atomic E-state index is 0.0926. The molecule has 5 heteroatoms. The Labute approximate surface area is 94.3 Å². The number of amides is 1. The van der Waals surface area contributed by atoms with Crippen LogP contribution in [0.25, 0.3) is 0 Å². The lowest BCUT2D eigenvalue weighted by atomic mass is 10.0. The summed E-state index contributed by atoms with van der Waals surface area (Å²) in [6, 6.07) is 0.418. The molecule has 0 aromatic rings. The second-order valence-corrected chi connectivity index (χ2v) is 5.36. The fraction of sp³-hybridized carbons (Fsp3) is 0.818. The number of likely N-dealkylation sites (tertiary alicyclic amines) is 1.